The van der Waals surface area contributed by atoms with Gasteiger partial charge in [0, 0.05) is 17.6 Å². The van der Waals surface area contributed by atoms with Crippen molar-refractivity contribution < 1.29 is 18.3 Å². The monoisotopic (exact) mass is 378 g/mol. The molecule has 0 heterocycles. The van der Waals surface area contributed by atoms with Crippen molar-refractivity contribution in [3.8, 4) is 0 Å². The molecule has 0 fully saturated rings. The first-order valence-corrected chi connectivity index (χ1v) is 8.85. The summed E-state index contributed by atoms with van der Waals surface area (Å²) < 4.78 is 29.0. The van der Waals surface area contributed by atoms with Crippen LogP contribution in [-0.2, 0) is 10.2 Å². The van der Waals surface area contributed by atoms with Crippen molar-refractivity contribution in [3.63, 3.8) is 0 Å². The lowest BCUT2D eigenvalue weighted by Gasteiger charge is -2.22. The molecule has 1 aromatic carbocycles. The van der Waals surface area contributed by atoms with Crippen LogP contribution < -0.4 is 4.72 Å². The summed E-state index contributed by atoms with van der Waals surface area (Å²) >= 11 is 3.21. The maximum atomic E-state index is 12.4. The highest BCUT2D eigenvalue weighted by Gasteiger charge is 2.22. The van der Waals surface area contributed by atoms with Crippen LogP contribution in [0.5, 0.6) is 0 Å². The van der Waals surface area contributed by atoms with Gasteiger partial charge < -0.3 is 5.11 Å². The lowest BCUT2D eigenvalue weighted by molar-refractivity contribution is 0.0698. The van der Waals surface area contributed by atoms with Crippen LogP contribution in [0.15, 0.2) is 22.7 Å². The summed E-state index contributed by atoms with van der Waals surface area (Å²) in [5.41, 5.74) is -0.0381. The predicted molar refractivity (Wildman–Crippen MR) is 85.8 cm³/mol. The average Bonchev–Trinajstić information content (AvgIpc) is 2.37. The van der Waals surface area contributed by atoms with E-state index in [0.717, 1.165) is 0 Å². The van der Waals surface area contributed by atoms with Gasteiger partial charge in [-0.05, 0) is 31.0 Å². The Morgan fingerprint density at radius 2 is 1.86 bits per heavy atom. The summed E-state index contributed by atoms with van der Waals surface area (Å²) in [4.78, 5) is 11.2. The number of carboxylic acid groups (broad SMARTS) is 1. The Labute approximate surface area is 133 Å². The van der Waals surface area contributed by atoms with E-state index in [2.05, 4.69) is 20.7 Å². The molecule has 0 bridgehead atoms. The van der Waals surface area contributed by atoms with Gasteiger partial charge in [-0.3, -0.25) is 4.72 Å². The highest BCUT2D eigenvalue weighted by atomic mass is 79.9. The molecule has 0 aliphatic heterocycles. The first-order valence-electron chi connectivity index (χ1n) is 6.62. The quantitative estimate of drug-likeness (QED) is 0.727. The number of hydrogen-bond donors (Lipinski definition) is 2. The molecule has 0 spiro atoms. The van der Waals surface area contributed by atoms with Crippen LogP contribution in [0.3, 0.4) is 0 Å². The van der Waals surface area contributed by atoms with Gasteiger partial charge in [0.2, 0.25) is 0 Å². The maximum absolute atomic E-state index is 12.4. The Balaban J connectivity index is 3.13. The average molecular weight is 379 g/mol. The predicted octanol–water partition coefficient (Wildman–Crippen LogP) is 2.93. The zero-order valence-electron chi connectivity index (χ0n) is 12.0. The van der Waals surface area contributed by atoms with E-state index in [1.807, 2.05) is 13.8 Å². The van der Waals surface area contributed by atoms with Crippen molar-refractivity contribution in [1.29, 1.82) is 0 Å². The fourth-order valence-electron chi connectivity index (χ4n) is 1.84. The standard InChI is InChI=1S/C13H19BrN2O4S/c1-3-7-16(8-4-2)21(19,20)15-12-9-10(14)5-6-11(12)13(17)18/h5-6,9,15H,3-4,7-8H2,1-2H3,(H,17,18). The van der Waals surface area contributed by atoms with Gasteiger partial charge in [-0.25, -0.2) is 4.79 Å². The molecule has 0 atom stereocenters. The number of carboxylic acids is 1. The van der Waals surface area contributed by atoms with Crippen LogP contribution in [0.1, 0.15) is 37.0 Å². The number of nitrogens with one attached hydrogen (secondary N) is 1. The van der Waals surface area contributed by atoms with Gasteiger partial charge in [0.1, 0.15) is 0 Å². The van der Waals surface area contributed by atoms with Gasteiger partial charge >= 0.3 is 16.2 Å². The van der Waals surface area contributed by atoms with Crippen LogP contribution in [0.2, 0.25) is 0 Å². The van der Waals surface area contributed by atoms with Crippen molar-refractivity contribution in [2.75, 3.05) is 17.8 Å². The van der Waals surface area contributed by atoms with E-state index in [0.29, 0.717) is 30.4 Å². The molecule has 118 valence electrons. The summed E-state index contributed by atoms with van der Waals surface area (Å²) in [5.74, 6) is -1.18. The van der Waals surface area contributed by atoms with Crippen molar-refractivity contribution in [2.45, 2.75) is 26.7 Å². The van der Waals surface area contributed by atoms with Gasteiger partial charge in [-0.1, -0.05) is 29.8 Å². The van der Waals surface area contributed by atoms with E-state index < -0.39 is 16.2 Å². The fraction of sp³-hybridized carbons (Fsp3) is 0.462. The number of hydrogen-bond acceptors (Lipinski definition) is 3. The molecule has 21 heavy (non-hydrogen) atoms. The van der Waals surface area contributed by atoms with E-state index in [9.17, 15) is 13.2 Å². The van der Waals surface area contributed by atoms with Crippen LogP contribution >= 0.6 is 15.9 Å². The molecule has 0 saturated carbocycles. The molecule has 0 radical (unpaired) electrons. The number of carbonyl (C=O) groups is 1. The Morgan fingerprint density at radius 1 is 1.29 bits per heavy atom. The summed E-state index contributed by atoms with van der Waals surface area (Å²) in [6.07, 6.45) is 1.37. The number of aromatic carboxylic acids is 1. The third kappa shape index (κ3) is 4.98. The Hall–Kier alpha value is -1.12. The van der Waals surface area contributed by atoms with Crippen LogP contribution in [0.4, 0.5) is 5.69 Å². The normalized spacial score (nSPS) is 11.6. The van der Waals surface area contributed by atoms with Gasteiger partial charge in [-0.2, -0.15) is 12.7 Å². The first kappa shape index (κ1) is 17.9. The largest absolute Gasteiger partial charge is 0.478 e. The zero-order valence-corrected chi connectivity index (χ0v) is 14.4. The maximum Gasteiger partial charge on any atom is 0.337 e. The Bertz CT molecular complexity index is 598. The van der Waals surface area contributed by atoms with Gasteiger partial charge in [0.15, 0.2) is 0 Å². The molecular weight excluding hydrogens is 360 g/mol. The number of benzene rings is 1. The molecule has 0 aromatic heterocycles. The SMILES string of the molecule is CCCN(CCC)S(=O)(=O)Nc1cc(Br)ccc1C(=O)O. The van der Waals surface area contributed by atoms with E-state index in [4.69, 9.17) is 5.11 Å². The van der Waals surface area contributed by atoms with Gasteiger partial charge in [0.25, 0.3) is 0 Å². The molecule has 1 rings (SSSR count). The molecule has 8 heteroatoms. The summed E-state index contributed by atoms with van der Waals surface area (Å²) in [7, 11) is -3.77. The third-order valence-electron chi connectivity index (χ3n) is 2.74. The van der Waals surface area contributed by atoms with E-state index in [1.165, 1.54) is 16.4 Å². The van der Waals surface area contributed by atoms with Gasteiger partial charge in [0.05, 0.1) is 11.3 Å². The second kappa shape index (κ2) is 7.77. The molecule has 0 saturated heterocycles. The summed E-state index contributed by atoms with van der Waals surface area (Å²) in [6, 6.07) is 4.35. The highest BCUT2D eigenvalue weighted by molar-refractivity contribution is 9.10. The molecule has 6 nitrogen and oxygen atoms in total. The van der Waals surface area contributed by atoms with Crippen molar-refractivity contribution in [1.82, 2.24) is 4.31 Å². The minimum absolute atomic E-state index is 0.0501. The highest BCUT2D eigenvalue weighted by Crippen LogP contribution is 2.23. The third-order valence-corrected chi connectivity index (χ3v) is 4.75. The number of anilines is 1. The number of nitrogens with zero attached hydrogens (tertiary/aromatic N) is 1. The van der Waals surface area contributed by atoms with Crippen molar-refractivity contribution in [3.05, 3.63) is 28.2 Å². The number of halogens is 1. The van der Waals surface area contributed by atoms with Crippen LogP contribution in [0.25, 0.3) is 0 Å². The lowest BCUT2D eigenvalue weighted by atomic mass is 10.2. The first-order chi connectivity index (χ1) is 9.81. The topological polar surface area (TPSA) is 86.7 Å². The van der Waals surface area contributed by atoms with E-state index in [1.54, 1.807) is 6.07 Å². The second-order valence-corrected chi connectivity index (χ2v) is 7.09. The minimum Gasteiger partial charge on any atom is -0.478 e. The van der Waals surface area contributed by atoms with E-state index in [-0.39, 0.29) is 11.3 Å². The molecular formula is C13H19BrN2O4S. The van der Waals surface area contributed by atoms with Crippen LogP contribution in [-0.4, -0.2) is 36.9 Å². The fourth-order valence-corrected chi connectivity index (χ4v) is 3.62. The zero-order chi connectivity index (χ0) is 16.0. The Morgan fingerprint density at radius 3 is 2.33 bits per heavy atom. The lowest BCUT2D eigenvalue weighted by Crippen LogP contribution is -2.37. The molecule has 0 aliphatic rings. The smallest absolute Gasteiger partial charge is 0.337 e. The molecule has 1 aromatic rings. The summed E-state index contributed by atoms with van der Waals surface area (Å²) in [5, 5.41) is 9.13. The summed E-state index contributed by atoms with van der Waals surface area (Å²) in [6.45, 7) is 4.55. The van der Waals surface area contributed by atoms with Crippen molar-refractivity contribution >= 4 is 37.8 Å². The second-order valence-electron chi connectivity index (χ2n) is 4.50. The Kier molecular flexibility index (Phi) is 6.63. The molecule has 0 aliphatic carbocycles. The van der Waals surface area contributed by atoms with E-state index >= 15 is 0 Å². The molecule has 2 N–H and O–H groups in total. The van der Waals surface area contributed by atoms with Crippen LogP contribution in [0, 0.1) is 0 Å². The number of rotatable bonds is 8. The molecule has 0 unspecified atom stereocenters. The minimum atomic E-state index is -3.77. The van der Waals surface area contributed by atoms with Crippen molar-refractivity contribution in [2.24, 2.45) is 0 Å². The molecule has 0 amide bonds. The van der Waals surface area contributed by atoms with Gasteiger partial charge in [-0.15, -0.1) is 0 Å².